The van der Waals surface area contributed by atoms with Gasteiger partial charge in [-0.1, -0.05) is 12.1 Å². The largest absolute Gasteiger partial charge is 0.375 e. The Bertz CT molecular complexity index is 915. The van der Waals surface area contributed by atoms with Gasteiger partial charge in [0.05, 0.1) is 22.8 Å². The highest BCUT2D eigenvalue weighted by atomic mass is 32.1. The topological polar surface area (TPSA) is 77.0 Å². The van der Waals surface area contributed by atoms with Crippen molar-refractivity contribution in [2.75, 3.05) is 12.3 Å². The van der Waals surface area contributed by atoms with E-state index in [1.165, 1.54) is 11.3 Å². The second kappa shape index (κ2) is 6.48. The minimum absolute atomic E-state index is 0.0606. The van der Waals surface area contributed by atoms with Crippen LogP contribution in [0.4, 0.5) is 5.13 Å². The average Bonchev–Trinajstić information content (AvgIpc) is 3.32. The third kappa shape index (κ3) is 3.00. The molecule has 4 rings (SSSR count). The van der Waals surface area contributed by atoms with Crippen molar-refractivity contribution in [3.05, 3.63) is 41.2 Å². The minimum atomic E-state index is 0.0606. The lowest BCUT2D eigenvalue weighted by molar-refractivity contribution is -0.132. The number of hydrogen-bond donors (Lipinski definition) is 1. The Morgan fingerprint density at radius 1 is 1.36 bits per heavy atom. The van der Waals surface area contributed by atoms with E-state index in [-0.39, 0.29) is 11.9 Å². The molecule has 1 saturated heterocycles. The second-order valence-corrected chi connectivity index (χ2v) is 7.33. The lowest BCUT2D eigenvalue weighted by Crippen LogP contribution is -2.32. The fourth-order valence-electron chi connectivity index (χ4n) is 3.61. The molecule has 1 aliphatic rings. The van der Waals surface area contributed by atoms with Crippen molar-refractivity contribution in [1.29, 1.82) is 0 Å². The van der Waals surface area contributed by atoms with E-state index in [4.69, 9.17) is 10.7 Å². The molecule has 2 N–H and O–H groups in total. The number of benzene rings is 1. The maximum Gasteiger partial charge on any atom is 0.223 e. The van der Waals surface area contributed by atoms with Crippen LogP contribution >= 0.6 is 11.3 Å². The number of imidazole rings is 1. The number of hydrogen-bond acceptors (Lipinski definition) is 5. The Hall–Kier alpha value is -2.41. The standard InChI is InChI=1S/C18H21N5OS/c1-22-14-6-3-2-5-13(14)21-17(22)15-7-4-10-23(15)16(24)9-8-12-11-25-18(19)20-12/h2-3,5-6,11,15H,4,7-10H2,1H3,(H2,19,20)/t15-/m1/s1. The molecule has 1 aromatic carbocycles. The van der Waals surface area contributed by atoms with E-state index in [0.717, 1.165) is 41.9 Å². The van der Waals surface area contributed by atoms with Gasteiger partial charge >= 0.3 is 0 Å². The van der Waals surface area contributed by atoms with E-state index in [2.05, 4.69) is 15.6 Å². The number of amides is 1. The van der Waals surface area contributed by atoms with E-state index >= 15 is 0 Å². The third-order valence-electron chi connectivity index (χ3n) is 4.86. The number of para-hydroxylation sites is 2. The molecule has 25 heavy (non-hydrogen) atoms. The Labute approximate surface area is 150 Å². The number of nitrogen functional groups attached to an aromatic ring is 1. The summed E-state index contributed by atoms with van der Waals surface area (Å²) >= 11 is 1.42. The maximum atomic E-state index is 12.8. The Balaban J connectivity index is 1.53. The molecule has 0 spiro atoms. The van der Waals surface area contributed by atoms with Crippen LogP contribution in [0.3, 0.4) is 0 Å². The molecule has 2 aromatic heterocycles. The lowest BCUT2D eigenvalue weighted by atomic mass is 10.2. The molecular weight excluding hydrogens is 334 g/mol. The van der Waals surface area contributed by atoms with Gasteiger partial charge in [0.25, 0.3) is 0 Å². The average molecular weight is 355 g/mol. The van der Waals surface area contributed by atoms with Gasteiger partial charge in [0.2, 0.25) is 5.91 Å². The van der Waals surface area contributed by atoms with E-state index < -0.39 is 0 Å². The van der Waals surface area contributed by atoms with Crippen LogP contribution in [-0.4, -0.2) is 31.9 Å². The molecule has 1 atom stereocenters. The summed E-state index contributed by atoms with van der Waals surface area (Å²) in [7, 11) is 2.03. The van der Waals surface area contributed by atoms with Crippen molar-refractivity contribution in [3.8, 4) is 0 Å². The van der Waals surface area contributed by atoms with Crippen molar-refractivity contribution >= 4 is 33.4 Å². The summed E-state index contributed by atoms with van der Waals surface area (Å²) in [6, 6.07) is 8.17. The molecule has 3 aromatic rings. The number of aryl methyl sites for hydroxylation is 2. The molecule has 0 unspecified atom stereocenters. The Morgan fingerprint density at radius 2 is 2.20 bits per heavy atom. The van der Waals surface area contributed by atoms with Gasteiger partial charge in [-0.05, 0) is 31.4 Å². The Morgan fingerprint density at radius 3 is 2.96 bits per heavy atom. The number of carbonyl (C=O) groups excluding carboxylic acids is 1. The number of rotatable bonds is 4. The minimum Gasteiger partial charge on any atom is -0.375 e. The van der Waals surface area contributed by atoms with Gasteiger partial charge in [0.1, 0.15) is 5.82 Å². The van der Waals surface area contributed by atoms with Gasteiger partial charge < -0.3 is 15.2 Å². The quantitative estimate of drug-likeness (QED) is 0.781. The number of anilines is 1. The highest BCUT2D eigenvalue weighted by molar-refractivity contribution is 7.13. The maximum absolute atomic E-state index is 12.8. The SMILES string of the molecule is Cn1c([C@H]2CCCN2C(=O)CCc2csc(N)n2)nc2ccccc21. The summed E-state index contributed by atoms with van der Waals surface area (Å²) in [6.07, 6.45) is 3.08. The summed E-state index contributed by atoms with van der Waals surface area (Å²) in [5.74, 6) is 1.14. The van der Waals surface area contributed by atoms with E-state index in [0.29, 0.717) is 18.0 Å². The number of thiazole rings is 1. The van der Waals surface area contributed by atoms with Gasteiger partial charge in [-0.15, -0.1) is 11.3 Å². The predicted octanol–water partition coefficient (Wildman–Crippen LogP) is 2.91. The molecule has 6 nitrogen and oxygen atoms in total. The normalized spacial score (nSPS) is 17.5. The zero-order chi connectivity index (χ0) is 17.4. The summed E-state index contributed by atoms with van der Waals surface area (Å²) in [5.41, 5.74) is 8.65. The molecule has 1 fully saturated rings. The number of nitrogens with zero attached hydrogens (tertiary/aromatic N) is 4. The first-order valence-electron chi connectivity index (χ1n) is 8.54. The fourth-order valence-corrected chi connectivity index (χ4v) is 4.21. The second-order valence-electron chi connectivity index (χ2n) is 6.44. The van der Waals surface area contributed by atoms with Crippen LogP contribution in [0.25, 0.3) is 11.0 Å². The zero-order valence-electron chi connectivity index (χ0n) is 14.2. The first-order valence-corrected chi connectivity index (χ1v) is 9.42. The predicted molar refractivity (Wildman–Crippen MR) is 99.2 cm³/mol. The summed E-state index contributed by atoms with van der Waals surface area (Å²) in [5, 5.41) is 2.48. The van der Waals surface area contributed by atoms with Gasteiger partial charge in [0.15, 0.2) is 5.13 Å². The highest BCUT2D eigenvalue weighted by Gasteiger charge is 2.32. The molecule has 130 valence electrons. The van der Waals surface area contributed by atoms with Crippen LogP contribution in [0, 0.1) is 0 Å². The van der Waals surface area contributed by atoms with Crippen LogP contribution in [0.1, 0.15) is 36.8 Å². The van der Waals surface area contributed by atoms with Crippen LogP contribution in [0.15, 0.2) is 29.6 Å². The van der Waals surface area contributed by atoms with Crippen molar-refractivity contribution in [2.45, 2.75) is 31.7 Å². The molecule has 1 aliphatic heterocycles. The van der Waals surface area contributed by atoms with Crippen LogP contribution in [-0.2, 0) is 18.3 Å². The van der Waals surface area contributed by atoms with Gasteiger partial charge in [-0.3, -0.25) is 4.79 Å². The molecule has 7 heteroatoms. The molecule has 0 bridgehead atoms. The van der Waals surface area contributed by atoms with Crippen molar-refractivity contribution in [2.24, 2.45) is 7.05 Å². The Kier molecular flexibility index (Phi) is 4.17. The monoisotopic (exact) mass is 355 g/mol. The molecule has 0 saturated carbocycles. The summed E-state index contributed by atoms with van der Waals surface area (Å²) < 4.78 is 2.12. The molecule has 3 heterocycles. The zero-order valence-corrected chi connectivity index (χ0v) is 15.0. The molecular formula is C18H21N5OS. The van der Waals surface area contributed by atoms with Gasteiger partial charge in [-0.25, -0.2) is 9.97 Å². The number of aromatic nitrogens is 3. The first kappa shape index (κ1) is 16.1. The summed E-state index contributed by atoms with van der Waals surface area (Å²) in [4.78, 5) is 23.8. The smallest absolute Gasteiger partial charge is 0.223 e. The van der Waals surface area contributed by atoms with Crippen molar-refractivity contribution < 1.29 is 4.79 Å². The van der Waals surface area contributed by atoms with Crippen molar-refractivity contribution in [1.82, 2.24) is 19.4 Å². The fraction of sp³-hybridized carbons (Fsp3) is 0.389. The van der Waals surface area contributed by atoms with Crippen LogP contribution in [0.2, 0.25) is 0 Å². The molecule has 0 radical (unpaired) electrons. The van der Waals surface area contributed by atoms with E-state index in [1.54, 1.807) is 0 Å². The number of nitrogens with two attached hydrogens (primary N) is 1. The highest BCUT2D eigenvalue weighted by Crippen LogP contribution is 2.33. The van der Waals surface area contributed by atoms with E-state index in [1.807, 2.05) is 35.5 Å². The first-order chi connectivity index (χ1) is 12.1. The van der Waals surface area contributed by atoms with Gasteiger partial charge in [-0.2, -0.15) is 0 Å². The number of carbonyl (C=O) groups is 1. The molecule has 0 aliphatic carbocycles. The van der Waals surface area contributed by atoms with Crippen LogP contribution < -0.4 is 5.73 Å². The van der Waals surface area contributed by atoms with E-state index in [9.17, 15) is 4.79 Å². The van der Waals surface area contributed by atoms with Crippen LogP contribution in [0.5, 0.6) is 0 Å². The summed E-state index contributed by atoms with van der Waals surface area (Å²) in [6.45, 7) is 0.798. The number of likely N-dealkylation sites (tertiary alicyclic amines) is 1. The molecule has 1 amide bonds. The van der Waals surface area contributed by atoms with Gasteiger partial charge in [0, 0.05) is 25.4 Å². The van der Waals surface area contributed by atoms with Crippen molar-refractivity contribution in [3.63, 3.8) is 0 Å². The lowest BCUT2D eigenvalue weighted by Gasteiger charge is -2.24. The number of fused-ring (bicyclic) bond motifs is 1. The third-order valence-corrected chi connectivity index (χ3v) is 5.58.